The van der Waals surface area contributed by atoms with Crippen LogP contribution in [0, 0.1) is 11.8 Å². The molecule has 1 N–H and O–H groups in total. The highest BCUT2D eigenvalue weighted by atomic mass is 16.5. The average molecular weight is 281 g/mol. The monoisotopic (exact) mass is 281 g/mol. The first-order valence-corrected chi connectivity index (χ1v) is 7.83. The van der Waals surface area contributed by atoms with Crippen molar-refractivity contribution >= 4 is 0 Å². The fourth-order valence-corrected chi connectivity index (χ4v) is 3.39. The lowest BCUT2D eigenvalue weighted by Crippen LogP contribution is -2.23. The molecule has 0 aliphatic carbocycles. The molecule has 0 amide bonds. The lowest BCUT2D eigenvalue weighted by molar-refractivity contribution is -0.0731. The third kappa shape index (κ3) is 3.93. The third-order valence-electron chi connectivity index (χ3n) is 4.55. The van der Waals surface area contributed by atoms with Crippen LogP contribution in [0.1, 0.15) is 17.5 Å². The van der Waals surface area contributed by atoms with Crippen LogP contribution in [0.15, 0.2) is 60.7 Å². The first-order valence-electron chi connectivity index (χ1n) is 7.83. The molecule has 1 aliphatic rings. The van der Waals surface area contributed by atoms with Gasteiger partial charge in [-0.3, -0.25) is 0 Å². The van der Waals surface area contributed by atoms with E-state index in [9.17, 15) is 5.21 Å². The van der Waals surface area contributed by atoms with Crippen molar-refractivity contribution in [3.05, 3.63) is 71.8 Å². The molecule has 2 nitrogen and oxygen atoms in total. The fraction of sp³-hybridized carbons (Fsp3) is 0.368. The van der Waals surface area contributed by atoms with Crippen molar-refractivity contribution in [1.29, 1.82) is 0 Å². The van der Waals surface area contributed by atoms with E-state index in [0.717, 1.165) is 32.4 Å². The van der Waals surface area contributed by atoms with Crippen LogP contribution in [-0.4, -0.2) is 23.4 Å². The van der Waals surface area contributed by atoms with Crippen molar-refractivity contribution in [3.63, 3.8) is 0 Å². The van der Waals surface area contributed by atoms with Crippen molar-refractivity contribution in [2.45, 2.75) is 19.3 Å². The van der Waals surface area contributed by atoms with Gasteiger partial charge in [-0.25, -0.2) is 0 Å². The van der Waals surface area contributed by atoms with Gasteiger partial charge in [0.1, 0.15) is 0 Å². The van der Waals surface area contributed by atoms with Gasteiger partial charge in [0, 0.05) is 13.1 Å². The molecule has 0 unspecified atom stereocenters. The molecule has 1 fully saturated rings. The smallest absolute Gasteiger partial charge is 0.0269 e. The van der Waals surface area contributed by atoms with E-state index in [-0.39, 0.29) is 0 Å². The number of nitrogens with zero attached hydrogens (tertiary/aromatic N) is 1. The van der Waals surface area contributed by atoms with Crippen LogP contribution in [0.25, 0.3) is 0 Å². The van der Waals surface area contributed by atoms with Crippen LogP contribution < -0.4 is 0 Å². The van der Waals surface area contributed by atoms with Crippen molar-refractivity contribution in [2.75, 3.05) is 13.1 Å². The van der Waals surface area contributed by atoms with Gasteiger partial charge in [0.2, 0.25) is 0 Å². The molecule has 2 heteroatoms. The molecule has 1 atom stereocenters. The summed E-state index contributed by atoms with van der Waals surface area (Å²) < 4.78 is 0. The lowest BCUT2D eigenvalue weighted by Gasteiger charge is -2.23. The van der Waals surface area contributed by atoms with E-state index in [0.29, 0.717) is 11.8 Å². The summed E-state index contributed by atoms with van der Waals surface area (Å²) in [5.41, 5.74) is 2.80. The summed E-state index contributed by atoms with van der Waals surface area (Å²) >= 11 is 0. The largest absolute Gasteiger partial charge is 0.314 e. The Hall–Kier alpha value is -1.64. The molecule has 1 heterocycles. The Labute approximate surface area is 127 Å². The van der Waals surface area contributed by atoms with E-state index in [4.69, 9.17) is 0 Å². The number of hydrogen-bond donors (Lipinski definition) is 1. The second-order valence-electron chi connectivity index (χ2n) is 6.10. The second kappa shape index (κ2) is 6.88. The molecule has 1 saturated heterocycles. The minimum Gasteiger partial charge on any atom is -0.314 e. The summed E-state index contributed by atoms with van der Waals surface area (Å²) in [4.78, 5) is 0. The SMILES string of the molecule is ON1CC[C@H](C(Cc2ccccc2)Cc2ccccc2)C1. The van der Waals surface area contributed by atoms with Crippen LogP contribution in [-0.2, 0) is 12.8 Å². The molecule has 1 aliphatic heterocycles. The Morgan fingerprint density at radius 1 is 0.905 bits per heavy atom. The second-order valence-corrected chi connectivity index (χ2v) is 6.10. The van der Waals surface area contributed by atoms with Gasteiger partial charge in [-0.05, 0) is 42.2 Å². The minimum atomic E-state index is 0.579. The maximum absolute atomic E-state index is 9.71. The summed E-state index contributed by atoms with van der Waals surface area (Å²) in [5.74, 6) is 1.17. The first-order chi connectivity index (χ1) is 10.3. The van der Waals surface area contributed by atoms with Gasteiger partial charge in [-0.15, -0.1) is 0 Å². The predicted molar refractivity (Wildman–Crippen MR) is 85.2 cm³/mol. The molecule has 21 heavy (non-hydrogen) atoms. The quantitative estimate of drug-likeness (QED) is 0.901. The molecule has 0 radical (unpaired) electrons. The van der Waals surface area contributed by atoms with Gasteiger partial charge in [-0.2, -0.15) is 5.06 Å². The molecule has 110 valence electrons. The zero-order valence-electron chi connectivity index (χ0n) is 12.4. The third-order valence-corrected chi connectivity index (χ3v) is 4.55. The standard InChI is InChI=1S/C19H23NO/c21-20-12-11-18(15-20)19(13-16-7-3-1-4-8-16)14-17-9-5-2-6-10-17/h1-10,18-19,21H,11-15H2/t18-/m0/s1. The zero-order chi connectivity index (χ0) is 14.5. The Kier molecular flexibility index (Phi) is 4.69. The van der Waals surface area contributed by atoms with Crippen LogP contribution in [0.5, 0.6) is 0 Å². The van der Waals surface area contributed by atoms with Gasteiger partial charge in [0.25, 0.3) is 0 Å². The van der Waals surface area contributed by atoms with E-state index < -0.39 is 0 Å². The minimum absolute atomic E-state index is 0.579. The zero-order valence-corrected chi connectivity index (χ0v) is 12.4. The van der Waals surface area contributed by atoms with E-state index in [1.165, 1.54) is 16.2 Å². The summed E-state index contributed by atoms with van der Waals surface area (Å²) in [7, 11) is 0. The molecular formula is C19H23NO. The van der Waals surface area contributed by atoms with Crippen molar-refractivity contribution in [3.8, 4) is 0 Å². The van der Waals surface area contributed by atoms with E-state index in [2.05, 4.69) is 60.7 Å². The van der Waals surface area contributed by atoms with Crippen LogP contribution in [0.2, 0.25) is 0 Å². The maximum Gasteiger partial charge on any atom is 0.0269 e. The normalized spacial score (nSPS) is 19.2. The molecular weight excluding hydrogens is 258 g/mol. The van der Waals surface area contributed by atoms with Gasteiger partial charge in [0.05, 0.1) is 0 Å². The highest BCUT2D eigenvalue weighted by Gasteiger charge is 2.29. The van der Waals surface area contributed by atoms with Crippen LogP contribution >= 0.6 is 0 Å². The van der Waals surface area contributed by atoms with Crippen molar-refractivity contribution < 1.29 is 5.21 Å². The van der Waals surface area contributed by atoms with E-state index >= 15 is 0 Å². The molecule has 2 aromatic rings. The summed E-state index contributed by atoms with van der Waals surface area (Å²) in [6, 6.07) is 21.4. The Balaban J connectivity index is 1.74. The first kappa shape index (κ1) is 14.3. The van der Waals surface area contributed by atoms with Gasteiger partial charge < -0.3 is 5.21 Å². The topological polar surface area (TPSA) is 23.5 Å². The average Bonchev–Trinajstić information content (AvgIpc) is 2.95. The molecule has 2 aromatic carbocycles. The number of benzene rings is 2. The molecule has 0 bridgehead atoms. The summed E-state index contributed by atoms with van der Waals surface area (Å²) in [6.45, 7) is 1.62. The van der Waals surface area contributed by atoms with Crippen molar-refractivity contribution in [1.82, 2.24) is 5.06 Å². The molecule has 0 saturated carbocycles. The predicted octanol–water partition coefficient (Wildman–Crippen LogP) is 3.80. The number of hydrogen-bond acceptors (Lipinski definition) is 2. The van der Waals surface area contributed by atoms with Gasteiger partial charge in [-0.1, -0.05) is 60.7 Å². The molecule has 3 rings (SSSR count). The number of hydroxylamine groups is 2. The van der Waals surface area contributed by atoms with E-state index in [1.54, 1.807) is 0 Å². The lowest BCUT2D eigenvalue weighted by atomic mass is 9.82. The Morgan fingerprint density at radius 2 is 1.43 bits per heavy atom. The van der Waals surface area contributed by atoms with Crippen LogP contribution in [0.4, 0.5) is 0 Å². The van der Waals surface area contributed by atoms with E-state index in [1.807, 2.05) is 0 Å². The maximum atomic E-state index is 9.71. The summed E-state index contributed by atoms with van der Waals surface area (Å²) in [6.07, 6.45) is 3.28. The molecule has 0 aromatic heterocycles. The van der Waals surface area contributed by atoms with Crippen molar-refractivity contribution in [2.24, 2.45) is 11.8 Å². The van der Waals surface area contributed by atoms with Gasteiger partial charge >= 0.3 is 0 Å². The highest BCUT2D eigenvalue weighted by molar-refractivity contribution is 5.19. The Morgan fingerprint density at radius 3 is 1.86 bits per heavy atom. The molecule has 0 spiro atoms. The van der Waals surface area contributed by atoms with Crippen LogP contribution in [0.3, 0.4) is 0 Å². The summed E-state index contributed by atoms with van der Waals surface area (Å²) in [5, 5.41) is 11.2. The number of rotatable bonds is 5. The Bertz CT molecular complexity index is 499. The van der Waals surface area contributed by atoms with Gasteiger partial charge in [0.15, 0.2) is 0 Å². The highest BCUT2D eigenvalue weighted by Crippen LogP contribution is 2.29. The fourth-order valence-electron chi connectivity index (χ4n) is 3.39.